The largest absolute Gasteiger partial charge is 0.479 e. The number of likely N-dealkylation sites (N-methyl/N-ethyl adjacent to an activating group) is 1. The Kier molecular flexibility index (Phi) is 4.33. The van der Waals surface area contributed by atoms with Crippen molar-refractivity contribution in [2.24, 2.45) is 7.05 Å². The van der Waals surface area contributed by atoms with Gasteiger partial charge in [0.1, 0.15) is 5.82 Å². The summed E-state index contributed by atoms with van der Waals surface area (Å²) >= 11 is 0. The van der Waals surface area contributed by atoms with Crippen molar-refractivity contribution in [3.05, 3.63) is 30.0 Å². The first-order valence-electron chi connectivity index (χ1n) is 7.65. The van der Waals surface area contributed by atoms with Gasteiger partial charge in [0.25, 0.3) is 11.8 Å². The molecule has 0 unspecified atom stereocenters. The van der Waals surface area contributed by atoms with Crippen LogP contribution in [0.5, 0.6) is 5.88 Å². The molecular weight excluding hydrogens is 298 g/mol. The standard InChI is InChI=1S/C15H21N5O3/c1-4-19-7-8-20(10-11(19)14-16-5-6-18(14)2)15(21)12-9-13(22-3)17-23-12/h5-6,9,11H,4,7-8,10H2,1-3H3/t11-/m1/s1. The molecule has 0 spiro atoms. The minimum absolute atomic E-state index is 0.0718. The number of methoxy groups -OCH3 is 1. The molecule has 1 saturated heterocycles. The van der Waals surface area contributed by atoms with E-state index in [-0.39, 0.29) is 17.7 Å². The number of nitrogens with zero attached hydrogens (tertiary/aromatic N) is 5. The highest BCUT2D eigenvalue weighted by Gasteiger charge is 2.33. The average Bonchev–Trinajstić information content (AvgIpc) is 3.22. The number of rotatable bonds is 4. The van der Waals surface area contributed by atoms with Crippen LogP contribution in [-0.4, -0.2) is 63.7 Å². The SMILES string of the molecule is CCN1CCN(C(=O)c2cc(OC)no2)C[C@@H]1c1nccn1C. The Morgan fingerprint density at radius 2 is 2.30 bits per heavy atom. The molecule has 0 N–H and O–H groups in total. The summed E-state index contributed by atoms with van der Waals surface area (Å²) in [6, 6.07) is 1.59. The molecule has 0 aromatic carbocycles. The lowest BCUT2D eigenvalue weighted by Crippen LogP contribution is -2.50. The van der Waals surface area contributed by atoms with Crippen LogP contribution in [0.4, 0.5) is 0 Å². The predicted molar refractivity (Wildman–Crippen MR) is 82.2 cm³/mol. The van der Waals surface area contributed by atoms with Crippen molar-refractivity contribution in [1.82, 2.24) is 24.5 Å². The van der Waals surface area contributed by atoms with Crippen LogP contribution in [0, 0.1) is 0 Å². The van der Waals surface area contributed by atoms with Gasteiger partial charge in [-0.3, -0.25) is 9.69 Å². The van der Waals surface area contributed by atoms with E-state index < -0.39 is 0 Å². The maximum absolute atomic E-state index is 12.6. The third-order valence-electron chi connectivity index (χ3n) is 4.25. The van der Waals surface area contributed by atoms with Crippen molar-refractivity contribution in [3.63, 3.8) is 0 Å². The maximum atomic E-state index is 12.6. The summed E-state index contributed by atoms with van der Waals surface area (Å²) in [5, 5.41) is 3.69. The topological polar surface area (TPSA) is 76.6 Å². The fraction of sp³-hybridized carbons (Fsp3) is 0.533. The molecular formula is C15H21N5O3. The Morgan fingerprint density at radius 3 is 2.91 bits per heavy atom. The Morgan fingerprint density at radius 1 is 1.48 bits per heavy atom. The fourth-order valence-electron chi connectivity index (χ4n) is 2.94. The van der Waals surface area contributed by atoms with E-state index in [1.54, 1.807) is 11.1 Å². The van der Waals surface area contributed by atoms with E-state index >= 15 is 0 Å². The molecule has 0 saturated carbocycles. The zero-order chi connectivity index (χ0) is 16.4. The van der Waals surface area contributed by atoms with Crippen LogP contribution in [0.3, 0.4) is 0 Å². The molecule has 0 radical (unpaired) electrons. The van der Waals surface area contributed by atoms with E-state index in [0.717, 1.165) is 18.9 Å². The van der Waals surface area contributed by atoms with Gasteiger partial charge in [0.05, 0.1) is 19.2 Å². The number of amides is 1. The Hall–Kier alpha value is -2.35. The first kappa shape index (κ1) is 15.5. The molecule has 1 aliphatic rings. The second-order valence-corrected chi connectivity index (χ2v) is 5.53. The lowest BCUT2D eigenvalue weighted by atomic mass is 10.1. The first-order valence-corrected chi connectivity index (χ1v) is 7.65. The number of aromatic nitrogens is 3. The van der Waals surface area contributed by atoms with E-state index in [2.05, 4.69) is 22.0 Å². The molecule has 2 aromatic heterocycles. The van der Waals surface area contributed by atoms with Crippen LogP contribution in [0.15, 0.2) is 23.0 Å². The number of hydrogen-bond donors (Lipinski definition) is 0. The molecule has 1 fully saturated rings. The zero-order valence-electron chi connectivity index (χ0n) is 13.6. The smallest absolute Gasteiger partial charge is 0.292 e. The third-order valence-corrected chi connectivity index (χ3v) is 4.25. The highest BCUT2D eigenvalue weighted by Crippen LogP contribution is 2.25. The van der Waals surface area contributed by atoms with Crippen LogP contribution < -0.4 is 4.74 Å². The normalized spacial score (nSPS) is 19.1. The molecule has 8 heteroatoms. The van der Waals surface area contributed by atoms with Gasteiger partial charge in [0.15, 0.2) is 0 Å². The van der Waals surface area contributed by atoms with Gasteiger partial charge in [-0.1, -0.05) is 6.92 Å². The molecule has 8 nitrogen and oxygen atoms in total. The number of imidazole rings is 1. The highest BCUT2D eigenvalue weighted by molar-refractivity contribution is 5.91. The second kappa shape index (κ2) is 6.41. The minimum Gasteiger partial charge on any atom is -0.479 e. The van der Waals surface area contributed by atoms with Crippen LogP contribution in [0.1, 0.15) is 29.3 Å². The fourth-order valence-corrected chi connectivity index (χ4v) is 2.94. The van der Waals surface area contributed by atoms with Crippen molar-refractivity contribution in [3.8, 4) is 5.88 Å². The van der Waals surface area contributed by atoms with Gasteiger partial charge in [-0.15, -0.1) is 0 Å². The highest BCUT2D eigenvalue weighted by atomic mass is 16.5. The molecule has 0 bridgehead atoms. The third kappa shape index (κ3) is 2.94. The van der Waals surface area contributed by atoms with E-state index in [4.69, 9.17) is 9.26 Å². The number of carbonyl (C=O) groups is 1. The van der Waals surface area contributed by atoms with Crippen molar-refractivity contribution < 1.29 is 14.1 Å². The van der Waals surface area contributed by atoms with Crippen molar-refractivity contribution in [2.75, 3.05) is 33.3 Å². The van der Waals surface area contributed by atoms with E-state index in [1.165, 1.54) is 13.2 Å². The van der Waals surface area contributed by atoms with Gasteiger partial charge in [0, 0.05) is 39.1 Å². The summed E-state index contributed by atoms with van der Waals surface area (Å²) in [5.74, 6) is 1.29. The van der Waals surface area contributed by atoms with Crippen LogP contribution >= 0.6 is 0 Å². The summed E-state index contributed by atoms with van der Waals surface area (Å²) in [6.45, 7) is 5.05. The second-order valence-electron chi connectivity index (χ2n) is 5.53. The van der Waals surface area contributed by atoms with Crippen molar-refractivity contribution in [1.29, 1.82) is 0 Å². The Labute approximate surface area is 134 Å². The number of hydrogen-bond acceptors (Lipinski definition) is 6. The predicted octanol–water partition coefficient (Wildman–Crippen LogP) is 0.936. The summed E-state index contributed by atoms with van der Waals surface area (Å²) < 4.78 is 12.0. The molecule has 0 aliphatic carbocycles. The molecule has 124 valence electrons. The van der Waals surface area contributed by atoms with E-state index in [9.17, 15) is 4.79 Å². The lowest BCUT2D eigenvalue weighted by Gasteiger charge is -2.40. The molecule has 23 heavy (non-hydrogen) atoms. The summed E-state index contributed by atoms with van der Waals surface area (Å²) in [7, 11) is 3.46. The molecule has 3 heterocycles. The van der Waals surface area contributed by atoms with E-state index in [0.29, 0.717) is 19.0 Å². The van der Waals surface area contributed by atoms with Crippen LogP contribution in [0.2, 0.25) is 0 Å². The van der Waals surface area contributed by atoms with Crippen molar-refractivity contribution in [2.45, 2.75) is 13.0 Å². The number of carbonyl (C=O) groups excluding carboxylic acids is 1. The summed E-state index contributed by atoms with van der Waals surface area (Å²) in [4.78, 5) is 21.2. The number of ether oxygens (including phenoxy) is 1. The van der Waals surface area contributed by atoms with Gasteiger partial charge in [-0.2, -0.15) is 0 Å². The van der Waals surface area contributed by atoms with Crippen LogP contribution in [0.25, 0.3) is 0 Å². The molecule has 1 amide bonds. The average molecular weight is 319 g/mol. The van der Waals surface area contributed by atoms with Gasteiger partial charge in [-0.05, 0) is 11.7 Å². The number of piperazine rings is 1. The Bertz CT molecular complexity index is 680. The van der Waals surface area contributed by atoms with Gasteiger partial charge < -0.3 is 18.7 Å². The zero-order valence-corrected chi connectivity index (χ0v) is 13.6. The van der Waals surface area contributed by atoms with E-state index in [1.807, 2.05) is 17.8 Å². The molecule has 2 aromatic rings. The maximum Gasteiger partial charge on any atom is 0.292 e. The monoisotopic (exact) mass is 319 g/mol. The van der Waals surface area contributed by atoms with Gasteiger partial charge >= 0.3 is 0 Å². The summed E-state index contributed by atoms with van der Waals surface area (Å²) in [5.41, 5.74) is 0. The van der Waals surface area contributed by atoms with Gasteiger partial charge in [0.2, 0.25) is 5.76 Å². The van der Waals surface area contributed by atoms with Crippen molar-refractivity contribution >= 4 is 5.91 Å². The quantitative estimate of drug-likeness (QED) is 0.834. The summed E-state index contributed by atoms with van der Waals surface area (Å²) in [6.07, 6.45) is 3.70. The minimum atomic E-state index is -0.171. The lowest BCUT2D eigenvalue weighted by molar-refractivity contribution is 0.0438. The molecule has 1 aliphatic heterocycles. The number of aryl methyl sites for hydroxylation is 1. The van der Waals surface area contributed by atoms with Gasteiger partial charge in [-0.25, -0.2) is 4.98 Å². The Balaban J connectivity index is 1.79. The molecule has 1 atom stereocenters. The van der Waals surface area contributed by atoms with Crippen LogP contribution in [-0.2, 0) is 7.05 Å². The first-order chi connectivity index (χ1) is 11.1. The molecule has 3 rings (SSSR count).